The lowest BCUT2D eigenvalue weighted by molar-refractivity contribution is 0.415. The average molecular weight is 348 g/mol. The molecule has 26 heavy (non-hydrogen) atoms. The van der Waals surface area contributed by atoms with Crippen molar-refractivity contribution in [2.75, 3.05) is 30.4 Å². The fraction of sp³-hybridized carbons (Fsp3) is 0.333. The molecule has 1 aliphatic rings. The molecule has 0 spiro atoms. The number of nitrogens with one attached hydrogen (secondary N) is 1. The Hall–Kier alpha value is -2.82. The zero-order valence-corrected chi connectivity index (χ0v) is 15.1. The normalized spacial score (nSPS) is 14.9. The Morgan fingerprint density at radius 2 is 1.62 bits per heavy atom. The highest BCUT2D eigenvalue weighted by Gasteiger charge is 2.15. The Kier molecular flexibility index (Phi) is 4.86. The number of benzene rings is 2. The molecule has 0 unspecified atom stereocenters. The van der Waals surface area contributed by atoms with Gasteiger partial charge in [-0.2, -0.15) is 4.98 Å². The van der Waals surface area contributed by atoms with E-state index in [-0.39, 0.29) is 0 Å². The van der Waals surface area contributed by atoms with Gasteiger partial charge in [0, 0.05) is 24.2 Å². The summed E-state index contributed by atoms with van der Waals surface area (Å²) in [4.78, 5) is 12.0. The number of nitrogens with zero attached hydrogens (tertiary/aromatic N) is 3. The van der Waals surface area contributed by atoms with Crippen molar-refractivity contribution in [3.63, 3.8) is 0 Å². The summed E-state index contributed by atoms with van der Waals surface area (Å²) in [6, 6.07) is 16.1. The molecule has 0 radical (unpaired) electrons. The van der Waals surface area contributed by atoms with Crippen molar-refractivity contribution in [1.29, 1.82) is 0 Å². The molecule has 5 nitrogen and oxygen atoms in total. The molecule has 3 aromatic rings. The van der Waals surface area contributed by atoms with Crippen molar-refractivity contribution in [1.82, 2.24) is 9.97 Å². The number of aromatic nitrogens is 2. The van der Waals surface area contributed by atoms with Crippen molar-refractivity contribution in [3.05, 3.63) is 48.5 Å². The Morgan fingerprint density at radius 3 is 2.35 bits per heavy atom. The first-order valence-electron chi connectivity index (χ1n) is 9.26. The molecular formula is C21H24N4O. The molecule has 2 heterocycles. The van der Waals surface area contributed by atoms with Crippen LogP contribution in [-0.2, 0) is 0 Å². The van der Waals surface area contributed by atoms with Crippen LogP contribution in [0.5, 0.6) is 5.75 Å². The third-order valence-corrected chi connectivity index (χ3v) is 4.83. The van der Waals surface area contributed by atoms with Gasteiger partial charge in [0.15, 0.2) is 0 Å². The Bertz CT molecular complexity index is 871. The minimum absolute atomic E-state index is 0.821. The van der Waals surface area contributed by atoms with E-state index in [4.69, 9.17) is 14.7 Å². The lowest BCUT2D eigenvalue weighted by Crippen LogP contribution is -2.26. The van der Waals surface area contributed by atoms with Crippen molar-refractivity contribution in [3.8, 4) is 5.75 Å². The van der Waals surface area contributed by atoms with E-state index in [1.165, 1.54) is 25.7 Å². The van der Waals surface area contributed by atoms with E-state index >= 15 is 0 Å². The van der Waals surface area contributed by atoms with E-state index in [1.54, 1.807) is 7.11 Å². The molecule has 1 N–H and O–H groups in total. The van der Waals surface area contributed by atoms with Gasteiger partial charge in [0.25, 0.3) is 0 Å². The van der Waals surface area contributed by atoms with Gasteiger partial charge < -0.3 is 15.0 Å². The highest BCUT2D eigenvalue weighted by atomic mass is 16.5. The zero-order chi connectivity index (χ0) is 17.8. The highest BCUT2D eigenvalue weighted by molar-refractivity contribution is 5.91. The molecule has 4 rings (SSSR count). The summed E-state index contributed by atoms with van der Waals surface area (Å²) in [6.07, 6.45) is 5.00. The van der Waals surface area contributed by atoms with Crippen LogP contribution in [0.3, 0.4) is 0 Å². The summed E-state index contributed by atoms with van der Waals surface area (Å²) in [5.41, 5.74) is 1.95. The smallest absolute Gasteiger partial charge is 0.227 e. The minimum atomic E-state index is 0.821. The number of anilines is 3. The monoisotopic (exact) mass is 348 g/mol. The van der Waals surface area contributed by atoms with Crippen LogP contribution in [0.4, 0.5) is 17.5 Å². The molecular weight excluding hydrogens is 324 g/mol. The molecule has 0 amide bonds. The third-order valence-electron chi connectivity index (χ3n) is 4.83. The molecule has 1 fully saturated rings. The molecule has 0 saturated carbocycles. The predicted octanol–water partition coefficient (Wildman–Crippen LogP) is 4.76. The summed E-state index contributed by atoms with van der Waals surface area (Å²) >= 11 is 0. The van der Waals surface area contributed by atoms with Gasteiger partial charge in [-0.05, 0) is 49.2 Å². The van der Waals surface area contributed by atoms with Gasteiger partial charge in [0.2, 0.25) is 5.95 Å². The molecule has 0 aliphatic carbocycles. The second-order valence-electron chi connectivity index (χ2n) is 6.64. The number of methoxy groups -OCH3 is 1. The van der Waals surface area contributed by atoms with Gasteiger partial charge in [-0.1, -0.05) is 25.0 Å². The number of hydrogen-bond donors (Lipinski definition) is 1. The number of hydrogen-bond acceptors (Lipinski definition) is 5. The first-order chi connectivity index (χ1) is 12.8. The molecule has 5 heteroatoms. The van der Waals surface area contributed by atoms with E-state index < -0.39 is 0 Å². The van der Waals surface area contributed by atoms with E-state index in [1.807, 2.05) is 36.4 Å². The quantitative estimate of drug-likeness (QED) is 0.736. The summed E-state index contributed by atoms with van der Waals surface area (Å²) in [6.45, 7) is 2.06. The van der Waals surface area contributed by atoms with Crippen LogP contribution in [-0.4, -0.2) is 30.2 Å². The van der Waals surface area contributed by atoms with Crippen LogP contribution in [0.2, 0.25) is 0 Å². The number of ether oxygens (including phenoxy) is 1. The van der Waals surface area contributed by atoms with E-state index in [9.17, 15) is 0 Å². The van der Waals surface area contributed by atoms with E-state index in [2.05, 4.69) is 22.3 Å². The molecule has 2 aromatic carbocycles. The topological polar surface area (TPSA) is 50.3 Å². The van der Waals surface area contributed by atoms with Crippen molar-refractivity contribution in [2.45, 2.75) is 25.7 Å². The zero-order valence-electron chi connectivity index (χ0n) is 15.1. The van der Waals surface area contributed by atoms with Crippen molar-refractivity contribution < 1.29 is 4.74 Å². The number of fused-ring (bicyclic) bond motifs is 1. The summed E-state index contributed by atoms with van der Waals surface area (Å²) < 4.78 is 5.24. The average Bonchev–Trinajstić information content (AvgIpc) is 2.98. The Morgan fingerprint density at radius 1 is 0.885 bits per heavy atom. The molecule has 1 aliphatic heterocycles. The molecule has 1 aromatic heterocycles. The molecule has 0 bridgehead atoms. The fourth-order valence-corrected chi connectivity index (χ4v) is 3.38. The van der Waals surface area contributed by atoms with Gasteiger partial charge in [0.1, 0.15) is 11.6 Å². The second kappa shape index (κ2) is 7.60. The lowest BCUT2D eigenvalue weighted by Gasteiger charge is -2.21. The maximum atomic E-state index is 5.24. The van der Waals surface area contributed by atoms with Crippen LogP contribution in [0.15, 0.2) is 48.5 Å². The van der Waals surface area contributed by atoms with Crippen LogP contribution in [0, 0.1) is 0 Å². The van der Waals surface area contributed by atoms with Gasteiger partial charge in [-0.25, -0.2) is 4.98 Å². The van der Waals surface area contributed by atoms with Gasteiger partial charge in [0.05, 0.1) is 12.6 Å². The predicted molar refractivity (Wildman–Crippen MR) is 106 cm³/mol. The highest BCUT2D eigenvalue weighted by Crippen LogP contribution is 2.28. The summed E-state index contributed by atoms with van der Waals surface area (Å²) in [5.74, 6) is 2.51. The first kappa shape index (κ1) is 16.6. The van der Waals surface area contributed by atoms with E-state index in [0.29, 0.717) is 0 Å². The number of rotatable bonds is 4. The Balaban J connectivity index is 1.71. The van der Waals surface area contributed by atoms with Crippen LogP contribution in [0.1, 0.15) is 25.7 Å². The fourth-order valence-electron chi connectivity index (χ4n) is 3.38. The largest absolute Gasteiger partial charge is 0.497 e. The summed E-state index contributed by atoms with van der Waals surface area (Å²) in [5, 5.41) is 4.49. The minimum Gasteiger partial charge on any atom is -0.497 e. The number of para-hydroxylation sites is 1. The molecule has 134 valence electrons. The lowest BCUT2D eigenvalue weighted by atomic mass is 10.2. The SMILES string of the molecule is COc1ccc(Nc2nc(N3CCCCCC3)nc3ccccc23)cc1. The van der Waals surface area contributed by atoms with Crippen LogP contribution in [0.25, 0.3) is 10.9 Å². The van der Waals surface area contributed by atoms with Crippen molar-refractivity contribution >= 4 is 28.4 Å². The summed E-state index contributed by atoms with van der Waals surface area (Å²) in [7, 11) is 1.67. The third kappa shape index (κ3) is 3.57. The van der Waals surface area contributed by atoms with Crippen LogP contribution < -0.4 is 15.0 Å². The maximum absolute atomic E-state index is 5.24. The standard InChI is InChI=1S/C21H24N4O/c1-26-17-12-10-16(11-13-17)22-20-18-8-4-5-9-19(18)23-21(24-20)25-14-6-2-3-7-15-25/h4-5,8-13H,2-3,6-7,14-15H2,1H3,(H,22,23,24). The van der Waals surface area contributed by atoms with Crippen molar-refractivity contribution in [2.24, 2.45) is 0 Å². The van der Waals surface area contributed by atoms with Gasteiger partial charge in [-0.3, -0.25) is 0 Å². The maximum Gasteiger partial charge on any atom is 0.227 e. The van der Waals surface area contributed by atoms with Gasteiger partial charge >= 0.3 is 0 Å². The van der Waals surface area contributed by atoms with Gasteiger partial charge in [-0.15, -0.1) is 0 Å². The van der Waals surface area contributed by atoms with E-state index in [0.717, 1.165) is 47.2 Å². The molecule has 1 saturated heterocycles. The first-order valence-corrected chi connectivity index (χ1v) is 9.26. The Labute approximate surface area is 154 Å². The molecule has 0 atom stereocenters. The second-order valence-corrected chi connectivity index (χ2v) is 6.64. The van der Waals surface area contributed by atoms with Crippen LogP contribution >= 0.6 is 0 Å².